The molecule has 0 aliphatic heterocycles. The van der Waals surface area contributed by atoms with Crippen molar-refractivity contribution in [3.05, 3.63) is 54.6 Å². The monoisotopic (exact) mass is 285 g/mol. The predicted molar refractivity (Wildman–Crippen MR) is 70.1 cm³/mol. The molecule has 0 unspecified atom stereocenters. The van der Waals surface area contributed by atoms with Crippen molar-refractivity contribution in [1.82, 2.24) is 0 Å². The van der Waals surface area contributed by atoms with Gasteiger partial charge in [-0.1, -0.05) is 42.5 Å². The predicted octanol–water partition coefficient (Wildman–Crippen LogP) is -0.728. The SMILES string of the molecule is O=S(=O)([O-])CNc1ccc(-c2ccccc2)cc1.[Na+]. The molecule has 94 valence electrons. The van der Waals surface area contributed by atoms with E-state index < -0.39 is 16.0 Å². The van der Waals surface area contributed by atoms with Crippen LogP contribution in [0.3, 0.4) is 0 Å². The van der Waals surface area contributed by atoms with E-state index in [0.29, 0.717) is 5.69 Å². The smallest absolute Gasteiger partial charge is 0.747 e. The Hall–Kier alpha value is -0.850. The Morgan fingerprint density at radius 2 is 1.42 bits per heavy atom. The molecule has 0 fully saturated rings. The van der Waals surface area contributed by atoms with Gasteiger partial charge in [-0.15, -0.1) is 0 Å². The molecular formula is C13H12NNaO3S. The summed E-state index contributed by atoms with van der Waals surface area (Å²) in [5.41, 5.74) is 2.72. The van der Waals surface area contributed by atoms with Crippen LogP contribution in [0, 0.1) is 0 Å². The molecule has 0 bridgehead atoms. The summed E-state index contributed by atoms with van der Waals surface area (Å²) in [5.74, 6) is -0.600. The second-order valence-electron chi connectivity index (χ2n) is 3.82. The van der Waals surface area contributed by atoms with Crippen molar-refractivity contribution in [3.63, 3.8) is 0 Å². The molecule has 0 aromatic heterocycles. The molecule has 2 aromatic carbocycles. The van der Waals surface area contributed by atoms with Gasteiger partial charge >= 0.3 is 29.6 Å². The van der Waals surface area contributed by atoms with E-state index in [1.54, 1.807) is 12.1 Å². The maximum absolute atomic E-state index is 10.5. The van der Waals surface area contributed by atoms with E-state index in [1.807, 2.05) is 42.5 Å². The van der Waals surface area contributed by atoms with Crippen LogP contribution in [0.15, 0.2) is 54.6 Å². The summed E-state index contributed by atoms with van der Waals surface area (Å²) in [4.78, 5) is 0. The van der Waals surface area contributed by atoms with Crippen LogP contribution in [0.5, 0.6) is 0 Å². The van der Waals surface area contributed by atoms with E-state index in [0.717, 1.165) is 11.1 Å². The summed E-state index contributed by atoms with van der Waals surface area (Å²) in [6.07, 6.45) is 0. The topological polar surface area (TPSA) is 69.2 Å². The normalized spacial score (nSPS) is 10.6. The average molecular weight is 285 g/mol. The molecule has 1 N–H and O–H groups in total. The van der Waals surface area contributed by atoms with Gasteiger partial charge in [0.25, 0.3) is 0 Å². The van der Waals surface area contributed by atoms with Gasteiger partial charge in [0.1, 0.15) is 16.0 Å². The van der Waals surface area contributed by atoms with E-state index in [-0.39, 0.29) is 29.6 Å². The van der Waals surface area contributed by atoms with Gasteiger partial charge in [-0.05, 0) is 23.3 Å². The molecule has 19 heavy (non-hydrogen) atoms. The Kier molecular flexibility index (Phi) is 6.03. The largest absolute Gasteiger partial charge is 1.00 e. The summed E-state index contributed by atoms with van der Waals surface area (Å²) in [7, 11) is -4.25. The van der Waals surface area contributed by atoms with Crippen molar-refractivity contribution in [2.45, 2.75) is 0 Å². The van der Waals surface area contributed by atoms with Gasteiger partial charge < -0.3 is 9.87 Å². The van der Waals surface area contributed by atoms with Crippen LogP contribution in [-0.4, -0.2) is 18.8 Å². The van der Waals surface area contributed by atoms with Crippen LogP contribution in [0.1, 0.15) is 0 Å². The van der Waals surface area contributed by atoms with Crippen LogP contribution >= 0.6 is 0 Å². The summed E-state index contributed by atoms with van der Waals surface area (Å²) >= 11 is 0. The number of rotatable bonds is 4. The number of nitrogens with one attached hydrogen (secondary N) is 1. The van der Waals surface area contributed by atoms with Crippen molar-refractivity contribution >= 4 is 15.8 Å². The van der Waals surface area contributed by atoms with Crippen molar-refractivity contribution in [2.24, 2.45) is 0 Å². The average Bonchev–Trinajstić information content (AvgIpc) is 2.37. The Morgan fingerprint density at radius 3 is 1.95 bits per heavy atom. The summed E-state index contributed by atoms with van der Waals surface area (Å²) in [5, 5.41) is 2.56. The minimum atomic E-state index is -4.25. The van der Waals surface area contributed by atoms with Gasteiger partial charge in [0.15, 0.2) is 0 Å². The molecule has 2 aromatic rings. The molecule has 0 heterocycles. The van der Waals surface area contributed by atoms with Crippen LogP contribution in [0.2, 0.25) is 0 Å². The number of benzene rings is 2. The maximum atomic E-state index is 10.5. The maximum Gasteiger partial charge on any atom is 1.00 e. The molecule has 0 radical (unpaired) electrons. The van der Waals surface area contributed by atoms with E-state index in [4.69, 9.17) is 0 Å². The van der Waals surface area contributed by atoms with E-state index in [9.17, 15) is 13.0 Å². The first-order chi connectivity index (χ1) is 8.54. The fraction of sp³-hybridized carbons (Fsp3) is 0.0769. The first kappa shape index (κ1) is 16.2. The third-order valence-corrected chi connectivity index (χ3v) is 2.94. The van der Waals surface area contributed by atoms with Crippen molar-refractivity contribution in [3.8, 4) is 11.1 Å². The molecule has 0 amide bonds. The second kappa shape index (κ2) is 7.07. The Bertz CT molecular complexity index is 612. The third kappa shape index (κ3) is 5.34. The van der Waals surface area contributed by atoms with Gasteiger partial charge in [0.05, 0.1) is 0 Å². The van der Waals surface area contributed by atoms with Crippen LogP contribution in [0.25, 0.3) is 11.1 Å². The fourth-order valence-electron chi connectivity index (χ4n) is 1.58. The standard InChI is InChI=1S/C13H13NO3S.Na/c15-18(16,17)10-14-13-8-6-12(7-9-13)11-4-2-1-3-5-11;/h1-9,14H,10H2,(H,15,16,17);/q;+1/p-1. The molecular weight excluding hydrogens is 273 g/mol. The molecule has 0 atom stereocenters. The Balaban J connectivity index is 0.00000180. The molecule has 2 rings (SSSR count). The van der Waals surface area contributed by atoms with Crippen LogP contribution in [0.4, 0.5) is 5.69 Å². The Labute approximate surface area is 134 Å². The zero-order valence-corrected chi connectivity index (χ0v) is 13.4. The quantitative estimate of drug-likeness (QED) is 0.594. The summed E-state index contributed by atoms with van der Waals surface area (Å²) in [6.45, 7) is 0. The molecule has 4 nitrogen and oxygen atoms in total. The van der Waals surface area contributed by atoms with Crippen molar-refractivity contribution in [2.75, 3.05) is 11.2 Å². The van der Waals surface area contributed by atoms with E-state index in [2.05, 4.69) is 5.32 Å². The zero-order valence-electron chi connectivity index (χ0n) is 10.5. The Morgan fingerprint density at radius 1 is 0.895 bits per heavy atom. The summed E-state index contributed by atoms with van der Waals surface area (Å²) < 4.78 is 31.4. The van der Waals surface area contributed by atoms with Crippen LogP contribution < -0.4 is 34.9 Å². The van der Waals surface area contributed by atoms with E-state index >= 15 is 0 Å². The molecule has 6 heteroatoms. The van der Waals surface area contributed by atoms with Gasteiger partial charge in [-0.2, -0.15) is 0 Å². The molecule has 0 aliphatic rings. The molecule has 0 saturated heterocycles. The number of hydrogen-bond acceptors (Lipinski definition) is 4. The fourth-order valence-corrected chi connectivity index (χ4v) is 1.93. The van der Waals surface area contributed by atoms with Crippen molar-refractivity contribution in [1.29, 1.82) is 0 Å². The van der Waals surface area contributed by atoms with E-state index in [1.165, 1.54) is 0 Å². The minimum absolute atomic E-state index is 0. The van der Waals surface area contributed by atoms with Gasteiger partial charge in [-0.3, -0.25) is 0 Å². The van der Waals surface area contributed by atoms with Gasteiger partial charge in [-0.25, -0.2) is 8.42 Å². The first-order valence-corrected chi connectivity index (χ1v) is 6.95. The van der Waals surface area contributed by atoms with Gasteiger partial charge in [0, 0.05) is 5.69 Å². The number of hydrogen-bond donors (Lipinski definition) is 1. The molecule has 0 saturated carbocycles. The van der Waals surface area contributed by atoms with Crippen molar-refractivity contribution < 1.29 is 42.5 Å². The molecule has 0 spiro atoms. The molecule has 0 aliphatic carbocycles. The minimum Gasteiger partial charge on any atom is -0.747 e. The number of anilines is 1. The second-order valence-corrected chi connectivity index (χ2v) is 5.23. The van der Waals surface area contributed by atoms with Gasteiger partial charge in [0.2, 0.25) is 0 Å². The zero-order chi connectivity index (χ0) is 13.0. The third-order valence-electron chi connectivity index (χ3n) is 2.45. The van der Waals surface area contributed by atoms with Crippen LogP contribution in [-0.2, 0) is 10.1 Å². The first-order valence-electron chi connectivity index (χ1n) is 5.37. The summed E-state index contributed by atoms with van der Waals surface area (Å²) in [6, 6.07) is 17.1.